The molecule has 0 bridgehead atoms. The molecule has 0 unspecified atom stereocenters. The minimum atomic E-state index is -0.823. The summed E-state index contributed by atoms with van der Waals surface area (Å²) in [5.74, 6) is 0.408. The third kappa shape index (κ3) is 2.87. The van der Waals surface area contributed by atoms with E-state index in [1.165, 1.54) is 12.1 Å². The second-order valence-electron chi connectivity index (χ2n) is 3.96. The van der Waals surface area contributed by atoms with Gasteiger partial charge >= 0.3 is 0 Å². The maximum absolute atomic E-state index is 13.1. The van der Waals surface area contributed by atoms with Crippen LogP contribution in [0, 0.1) is 5.82 Å². The predicted molar refractivity (Wildman–Crippen MR) is 68.1 cm³/mol. The smallest absolute Gasteiger partial charge is 0.123 e. The topological polar surface area (TPSA) is 29.5 Å². The molecule has 0 spiro atoms. The number of ether oxygens (including phenoxy) is 1. The molecule has 3 heteroatoms. The Labute approximate surface area is 106 Å². The van der Waals surface area contributed by atoms with Gasteiger partial charge in [0.25, 0.3) is 0 Å². The highest BCUT2D eigenvalue weighted by molar-refractivity contribution is 5.34. The molecule has 1 atom stereocenters. The number of rotatable bonds is 4. The first-order valence-electron chi connectivity index (χ1n) is 5.87. The summed E-state index contributed by atoms with van der Waals surface area (Å²) in [5, 5.41) is 10.1. The molecule has 2 rings (SSSR count). The molecule has 0 aliphatic heterocycles. The summed E-state index contributed by atoms with van der Waals surface area (Å²) < 4.78 is 18.4. The van der Waals surface area contributed by atoms with Gasteiger partial charge in [-0.25, -0.2) is 4.39 Å². The molecule has 0 aliphatic carbocycles. The van der Waals surface area contributed by atoms with Gasteiger partial charge in [0.1, 0.15) is 17.7 Å². The van der Waals surface area contributed by atoms with Gasteiger partial charge in [-0.1, -0.05) is 24.3 Å². The minimum absolute atomic E-state index is 0.350. The number of benzene rings is 2. The lowest BCUT2D eigenvalue weighted by Gasteiger charge is -2.12. The summed E-state index contributed by atoms with van der Waals surface area (Å²) >= 11 is 0. The monoisotopic (exact) mass is 246 g/mol. The van der Waals surface area contributed by atoms with Crippen LogP contribution in [0.1, 0.15) is 24.2 Å². The number of hydrogen-bond acceptors (Lipinski definition) is 2. The van der Waals surface area contributed by atoms with Crippen molar-refractivity contribution in [3.63, 3.8) is 0 Å². The standard InChI is InChI=1S/C15H15FO2/c1-2-18-14-8-6-11(7-9-14)15(17)12-4-3-5-13(16)10-12/h3-10,15,17H,2H2,1H3/t15-/m1/s1. The number of aliphatic hydroxyl groups is 1. The van der Waals surface area contributed by atoms with Crippen molar-refractivity contribution in [2.24, 2.45) is 0 Å². The van der Waals surface area contributed by atoms with E-state index >= 15 is 0 Å². The predicted octanol–water partition coefficient (Wildman–Crippen LogP) is 3.31. The van der Waals surface area contributed by atoms with Crippen LogP contribution in [0.3, 0.4) is 0 Å². The normalized spacial score (nSPS) is 12.2. The Morgan fingerprint density at radius 2 is 1.83 bits per heavy atom. The van der Waals surface area contributed by atoms with E-state index in [9.17, 15) is 9.50 Å². The van der Waals surface area contributed by atoms with E-state index in [1.54, 1.807) is 36.4 Å². The van der Waals surface area contributed by atoms with Crippen LogP contribution in [0.15, 0.2) is 48.5 Å². The van der Waals surface area contributed by atoms with Crippen molar-refractivity contribution in [2.75, 3.05) is 6.61 Å². The van der Waals surface area contributed by atoms with Gasteiger partial charge in [0.05, 0.1) is 6.61 Å². The largest absolute Gasteiger partial charge is 0.494 e. The van der Waals surface area contributed by atoms with Gasteiger partial charge in [-0.3, -0.25) is 0 Å². The lowest BCUT2D eigenvalue weighted by Crippen LogP contribution is -2.00. The molecule has 0 radical (unpaired) electrons. The Kier molecular flexibility index (Phi) is 3.95. The highest BCUT2D eigenvalue weighted by atomic mass is 19.1. The summed E-state index contributed by atoms with van der Waals surface area (Å²) in [6, 6.07) is 13.1. The molecule has 0 saturated carbocycles. The van der Waals surface area contributed by atoms with E-state index in [1.807, 2.05) is 6.92 Å². The molecule has 0 saturated heterocycles. The average molecular weight is 246 g/mol. The fraction of sp³-hybridized carbons (Fsp3) is 0.200. The van der Waals surface area contributed by atoms with Crippen LogP contribution >= 0.6 is 0 Å². The number of halogens is 1. The number of aliphatic hydroxyl groups excluding tert-OH is 1. The maximum atomic E-state index is 13.1. The quantitative estimate of drug-likeness (QED) is 0.896. The van der Waals surface area contributed by atoms with Crippen LogP contribution in [0.5, 0.6) is 5.75 Å². The molecule has 0 amide bonds. The van der Waals surface area contributed by atoms with Crippen LogP contribution in [-0.4, -0.2) is 11.7 Å². The minimum Gasteiger partial charge on any atom is -0.494 e. The summed E-state index contributed by atoms with van der Waals surface area (Å²) in [4.78, 5) is 0. The Morgan fingerprint density at radius 3 is 2.44 bits per heavy atom. The van der Waals surface area contributed by atoms with Gasteiger partial charge < -0.3 is 9.84 Å². The van der Waals surface area contributed by atoms with Crippen molar-refractivity contribution in [3.05, 3.63) is 65.5 Å². The molecule has 2 aromatic rings. The van der Waals surface area contributed by atoms with Crippen molar-refractivity contribution < 1.29 is 14.2 Å². The molecule has 94 valence electrons. The Hall–Kier alpha value is -1.87. The first kappa shape index (κ1) is 12.6. The summed E-state index contributed by atoms with van der Waals surface area (Å²) in [6.45, 7) is 2.52. The Morgan fingerprint density at radius 1 is 1.11 bits per heavy atom. The molecule has 18 heavy (non-hydrogen) atoms. The maximum Gasteiger partial charge on any atom is 0.123 e. The van der Waals surface area contributed by atoms with Crippen molar-refractivity contribution >= 4 is 0 Å². The van der Waals surface area contributed by atoms with Crippen LogP contribution in [0.2, 0.25) is 0 Å². The van der Waals surface area contributed by atoms with E-state index in [0.717, 1.165) is 5.75 Å². The lowest BCUT2D eigenvalue weighted by molar-refractivity contribution is 0.219. The molecule has 0 aliphatic rings. The number of hydrogen-bond donors (Lipinski definition) is 1. The van der Waals surface area contributed by atoms with E-state index in [2.05, 4.69) is 0 Å². The van der Waals surface area contributed by atoms with E-state index in [-0.39, 0.29) is 5.82 Å². The Bertz CT molecular complexity index is 508. The zero-order valence-corrected chi connectivity index (χ0v) is 10.1. The third-order valence-electron chi connectivity index (χ3n) is 2.67. The van der Waals surface area contributed by atoms with Gasteiger partial charge in [0, 0.05) is 0 Å². The van der Waals surface area contributed by atoms with Crippen molar-refractivity contribution in [1.29, 1.82) is 0 Å². The average Bonchev–Trinajstić information content (AvgIpc) is 2.39. The fourth-order valence-electron chi connectivity index (χ4n) is 1.78. The van der Waals surface area contributed by atoms with Gasteiger partial charge in [-0.05, 0) is 42.3 Å². The van der Waals surface area contributed by atoms with Crippen molar-refractivity contribution in [1.82, 2.24) is 0 Å². The van der Waals surface area contributed by atoms with Gasteiger partial charge in [-0.2, -0.15) is 0 Å². The van der Waals surface area contributed by atoms with Crippen molar-refractivity contribution in [2.45, 2.75) is 13.0 Å². The summed E-state index contributed by atoms with van der Waals surface area (Å²) in [6.07, 6.45) is -0.823. The van der Waals surface area contributed by atoms with Gasteiger partial charge in [0.2, 0.25) is 0 Å². The molecule has 1 N–H and O–H groups in total. The molecular weight excluding hydrogens is 231 g/mol. The Balaban J connectivity index is 2.20. The second-order valence-corrected chi connectivity index (χ2v) is 3.96. The lowest BCUT2D eigenvalue weighted by atomic mass is 10.0. The molecule has 2 nitrogen and oxygen atoms in total. The van der Waals surface area contributed by atoms with Gasteiger partial charge in [0.15, 0.2) is 0 Å². The summed E-state index contributed by atoms with van der Waals surface area (Å²) in [5.41, 5.74) is 1.25. The fourth-order valence-corrected chi connectivity index (χ4v) is 1.78. The molecule has 0 heterocycles. The molecule has 2 aromatic carbocycles. The van der Waals surface area contributed by atoms with Gasteiger partial charge in [-0.15, -0.1) is 0 Å². The molecule has 0 fully saturated rings. The van der Waals surface area contributed by atoms with Crippen LogP contribution in [-0.2, 0) is 0 Å². The van der Waals surface area contributed by atoms with E-state index in [0.29, 0.717) is 17.7 Å². The van der Waals surface area contributed by atoms with E-state index < -0.39 is 6.10 Å². The van der Waals surface area contributed by atoms with Crippen molar-refractivity contribution in [3.8, 4) is 5.75 Å². The SMILES string of the molecule is CCOc1ccc([C@@H](O)c2cccc(F)c2)cc1. The highest BCUT2D eigenvalue weighted by Crippen LogP contribution is 2.24. The summed E-state index contributed by atoms with van der Waals surface area (Å²) in [7, 11) is 0. The molecular formula is C15H15FO2. The first-order chi connectivity index (χ1) is 8.70. The third-order valence-corrected chi connectivity index (χ3v) is 2.67. The van der Waals surface area contributed by atoms with Crippen LogP contribution in [0.4, 0.5) is 4.39 Å². The second kappa shape index (κ2) is 5.65. The van der Waals surface area contributed by atoms with E-state index in [4.69, 9.17) is 4.74 Å². The molecule has 0 aromatic heterocycles. The van der Waals surface area contributed by atoms with Crippen LogP contribution < -0.4 is 4.74 Å². The highest BCUT2D eigenvalue weighted by Gasteiger charge is 2.10. The zero-order chi connectivity index (χ0) is 13.0. The van der Waals surface area contributed by atoms with Crippen LogP contribution in [0.25, 0.3) is 0 Å². The zero-order valence-electron chi connectivity index (χ0n) is 10.1. The first-order valence-corrected chi connectivity index (χ1v) is 5.87.